The first-order chi connectivity index (χ1) is 8.81. The topological polar surface area (TPSA) is 43.7 Å². The summed E-state index contributed by atoms with van der Waals surface area (Å²) in [4.78, 5) is 0. The van der Waals surface area contributed by atoms with Gasteiger partial charge in [-0.3, -0.25) is 0 Å². The molecule has 0 saturated carbocycles. The van der Waals surface area contributed by atoms with Crippen LogP contribution in [0.2, 0.25) is 0 Å². The third-order valence-electron chi connectivity index (χ3n) is 3.34. The third kappa shape index (κ3) is 13.9. The van der Waals surface area contributed by atoms with Crippen molar-refractivity contribution in [2.45, 2.75) is 77.6 Å². The predicted octanol–water partition coefficient (Wildman–Crippen LogP) is 3.98. The summed E-state index contributed by atoms with van der Waals surface area (Å²) in [7, 11) is 0. The second kappa shape index (κ2) is 14.9. The van der Waals surface area contributed by atoms with Gasteiger partial charge in [0.15, 0.2) is 0 Å². The van der Waals surface area contributed by atoms with Gasteiger partial charge < -0.3 is 10.3 Å². The van der Waals surface area contributed by atoms with Crippen LogP contribution in [0.5, 0.6) is 0 Å². The Kier molecular flexibility index (Phi) is 14.8. The highest BCUT2D eigenvalue weighted by atomic mass is 16.5. The Morgan fingerprint density at radius 1 is 0.667 bits per heavy atom. The van der Waals surface area contributed by atoms with Crippen molar-refractivity contribution >= 4 is 0 Å². The lowest BCUT2D eigenvalue weighted by Gasteiger charge is -2.13. The molecule has 0 aromatic heterocycles. The average Bonchev–Trinajstić information content (AvgIpc) is 2.37. The summed E-state index contributed by atoms with van der Waals surface area (Å²) < 4.78 is 0. The number of aliphatic hydroxyl groups excluding tert-OH is 1. The zero-order valence-electron chi connectivity index (χ0n) is 12.2. The fraction of sp³-hybridized carbons (Fsp3) is 1.00. The van der Waals surface area contributed by atoms with E-state index in [1.807, 2.05) is 0 Å². The van der Waals surface area contributed by atoms with Gasteiger partial charge >= 0.3 is 0 Å². The molecule has 3 nitrogen and oxygen atoms in total. The molecule has 0 aliphatic carbocycles. The third-order valence-corrected chi connectivity index (χ3v) is 3.34. The van der Waals surface area contributed by atoms with Gasteiger partial charge in [0.05, 0.1) is 0 Å². The van der Waals surface area contributed by atoms with Gasteiger partial charge in [-0.15, -0.1) is 0 Å². The van der Waals surface area contributed by atoms with Crippen LogP contribution in [0.4, 0.5) is 0 Å². The Morgan fingerprint density at radius 2 is 1.11 bits per heavy atom. The molecule has 0 aliphatic heterocycles. The molecule has 0 unspecified atom stereocenters. The first kappa shape index (κ1) is 17.9. The van der Waals surface area contributed by atoms with Crippen LogP contribution >= 0.6 is 0 Å². The molecule has 0 atom stereocenters. The number of unbranched alkanes of at least 4 members (excludes halogenated alkanes) is 9. The average molecular weight is 259 g/mol. The van der Waals surface area contributed by atoms with Crippen molar-refractivity contribution in [1.29, 1.82) is 0 Å². The molecule has 0 radical (unpaired) electrons. The Hall–Kier alpha value is -0.120. The van der Waals surface area contributed by atoms with Crippen LogP contribution in [0, 0.1) is 0 Å². The predicted molar refractivity (Wildman–Crippen MR) is 76.9 cm³/mol. The standard InChI is InChI=1S/C15H33NO2/c1-2-3-10-13-16(18)14-11-8-6-4-5-7-9-12-15-17/h17-18H,2-15H2,1H3. The summed E-state index contributed by atoms with van der Waals surface area (Å²) in [6, 6.07) is 0. The fourth-order valence-electron chi connectivity index (χ4n) is 2.12. The molecule has 0 heterocycles. The highest BCUT2D eigenvalue weighted by molar-refractivity contribution is 4.50. The van der Waals surface area contributed by atoms with Crippen molar-refractivity contribution in [1.82, 2.24) is 5.06 Å². The van der Waals surface area contributed by atoms with Crippen molar-refractivity contribution < 1.29 is 10.3 Å². The van der Waals surface area contributed by atoms with E-state index in [1.165, 1.54) is 56.4 Å². The van der Waals surface area contributed by atoms with Gasteiger partial charge in [0, 0.05) is 19.7 Å². The molecule has 18 heavy (non-hydrogen) atoms. The summed E-state index contributed by atoms with van der Waals surface area (Å²) in [5, 5.41) is 19.7. The van der Waals surface area contributed by atoms with Crippen molar-refractivity contribution in [2.75, 3.05) is 19.7 Å². The van der Waals surface area contributed by atoms with Crippen molar-refractivity contribution in [3.05, 3.63) is 0 Å². The molecule has 110 valence electrons. The maximum Gasteiger partial charge on any atom is 0.0431 e. The molecule has 0 spiro atoms. The largest absolute Gasteiger partial charge is 0.396 e. The quantitative estimate of drug-likeness (QED) is 0.366. The van der Waals surface area contributed by atoms with Gasteiger partial charge in [-0.25, -0.2) is 0 Å². The molecule has 0 fully saturated rings. The molecular formula is C15H33NO2. The molecule has 3 heteroatoms. The van der Waals surface area contributed by atoms with Crippen LogP contribution in [-0.4, -0.2) is 35.1 Å². The molecular weight excluding hydrogens is 226 g/mol. The van der Waals surface area contributed by atoms with Crippen LogP contribution < -0.4 is 0 Å². The lowest BCUT2D eigenvalue weighted by Crippen LogP contribution is -2.21. The summed E-state index contributed by atoms with van der Waals surface area (Å²) in [6.07, 6.45) is 13.1. The minimum absolute atomic E-state index is 0.338. The smallest absolute Gasteiger partial charge is 0.0431 e. The van der Waals surface area contributed by atoms with Gasteiger partial charge in [-0.1, -0.05) is 58.3 Å². The van der Waals surface area contributed by atoms with E-state index in [2.05, 4.69) is 6.92 Å². The highest BCUT2D eigenvalue weighted by Gasteiger charge is 1.99. The number of nitrogens with zero attached hydrogens (tertiary/aromatic N) is 1. The van der Waals surface area contributed by atoms with Gasteiger partial charge in [0.2, 0.25) is 0 Å². The van der Waals surface area contributed by atoms with Crippen LogP contribution in [0.25, 0.3) is 0 Å². The van der Waals surface area contributed by atoms with Gasteiger partial charge in [-0.05, 0) is 19.3 Å². The Labute approximate surface area is 113 Å². The van der Waals surface area contributed by atoms with E-state index < -0.39 is 0 Å². The van der Waals surface area contributed by atoms with Crippen LogP contribution in [0.15, 0.2) is 0 Å². The van der Waals surface area contributed by atoms with Gasteiger partial charge in [-0.2, -0.15) is 5.06 Å². The molecule has 0 bridgehead atoms. The fourth-order valence-corrected chi connectivity index (χ4v) is 2.12. The zero-order valence-corrected chi connectivity index (χ0v) is 12.2. The molecule has 0 saturated heterocycles. The van der Waals surface area contributed by atoms with Crippen LogP contribution in [-0.2, 0) is 0 Å². The first-order valence-corrected chi connectivity index (χ1v) is 7.86. The van der Waals surface area contributed by atoms with E-state index in [0.29, 0.717) is 6.61 Å². The van der Waals surface area contributed by atoms with E-state index in [0.717, 1.165) is 32.4 Å². The monoisotopic (exact) mass is 259 g/mol. The summed E-state index contributed by atoms with van der Waals surface area (Å²) in [5.74, 6) is 0. The Morgan fingerprint density at radius 3 is 1.61 bits per heavy atom. The Bertz CT molecular complexity index is 153. The number of hydrogen-bond acceptors (Lipinski definition) is 3. The van der Waals surface area contributed by atoms with Crippen LogP contribution in [0.1, 0.15) is 77.6 Å². The first-order valence-electron chi connectivity index (χ1n) is 7.86. The number of hydrogen-bond donors (Lipinski definition) is 2. The maximum atomic E-state index is 9.59. The zero-order chi connectivity index (χ0) is 13.5. The number of rotatable bonds is 14. The normalized spacial score (nSPS) is 11.3. The molecule has 0 amide bonds. The molecule has 0 aromatic carbocycles. The van der Waals surface area contributed by atoms with E-state index in [1.54, 1.807) is 0 Å². The second-order valence-corrected chi connectivity index (χ2v) is 5.21. The molecule has 2 N–H and O–H groups in total. The molecule has 0 rings (SSSR count). The van der Waals surface area contributed by atoms with Crippen molar-refractivity contribution in [2.24, 2.45) is 0 Å². The summed E-state index contributed by atoms with van der Waals surface area (Å²) in [5.41, 5.74) is 0. The Balaban J connectivity index is 3.05. The van der Waals surface area contributed by atoms with Gasteiger partial charge in [0.1, 0.15) is 0 Å². The lowest BCUT2D eigenvalue weighted by molar-refractivity contribution is -0.0924. The van der Waals surface area contributed by atoms with Crippen molar-refractivity contribution in [3.8, 4) is 0 Å². The van der Waals surface area contributed by atoms with E-state index in [-0.39, 0.29) is 0 Å². The SMILES string of the molecule is CCCCCN(O)CCCCCCCCCCO. The summed E-state index contributed by atoms with van der Waals surface area (Å²) in [6.45, 7) is 4.18. The van der Waals surface area contributed by atoms with E-state index >= 15 is 0 Å². The second-order valence-electron chi connectivity index (χ2n) is 5.21. The summed E-state index contributed by atoms with van der Waals surface area (Å²) >= 11 is 0. The van der Waals surface area contributed by atoms with E-state index in [4.69, 9.17) is 5.11 Å². The van der Waals surface area contributed by atoms with Crippen molar-refractivity contribution in [3.63, 3.8) is 0 Å². The number of hydroxylamine groups is 2. The van der Waals surface area contributed by atoms with Gasteiger partial charge in [0.25, 0.3) is 0 Å². The minimum Gasteiger partial charge on any atom is -0.396 e. The highest BCUT2D eigenvalue weighted by Crippen LogP contribution is 2.08. The minimum atomic E-state index is 0.338. The lowest BCUT2D eigenvalue weighted by atomic mass is 10.1. The number of aliphatic hydroxyl groups is 1. The molecule has 0 aromatic rings. The van der Waals surface area contributed by atoms with E-state index in [9.17, 15) is 5.21 Å². The van der Waals surface area contributed by atoms with Crippen LogP contribution in [0.3, 0.4) is 0 Å². The maximum absolute atomic E-state index is 9.59. The molecule has 0 aliphatic rings.